The Morgan fingerprint density at radius 3 is 0.875 bits per heavy atom. The molecular formula is C46H30S2. The standard InChI is InChI=1S/C46H30S2/c1-3-15-31(16-4-1)47-43-29-27-41(33-19-7-9-21-35(33)43)45-37-23-11-13-25-39(37)46(40-26-14-12-24-38(40)45)42-28-30-44(36-22-10-8-20-34(36)42)48-32-17-5-2-6-18-32/h1-30H. The Balaban J connectivity index is 1.30. The summed E-state index contributed by atoms with van der Waals surface area (Å²) in [4.78, 5) is 5.03. The second kappa shape index (κ2) is 12.4. The largest absolute Gasteiger partial charge is 0.0895 e. The van der Waals surface area contributed by atoms with Crippen LogP contribution in [0.1, 0.15) is 0 Å². The first-order valence-electron chi connectivity index (χ1n) is 16.3. The van der Waals surface area contributed by atoms with Gasteiger partial charge in [-0.25, -0.2) is 0 Å². The summed E-state index contributed by atoms with van der Waals surface area (Å²) in [6.07, 6.45) is 0. The fourth-order valence-corrected chi connectivity index (χ4v) is 9.04. The maximum atomic E-state index is 2.34. The van der Waals surface area contributed by atoms with Gasteiger partial charge in [-0.2, -0.15) is 0 Å². The lowest BCUT2D eigenvalue weighted by molar-refractivity contribution is 1.44. The van der Waals surface area contributed by atoms with Crippen molar-refractivity contribution in [1.82, 2.24) is 0 Å². The molecule has 9 aromatic carbocycles. The van der Waals surface area contributed by atoms with E-state index in [0.717, 1.165) is 0 Å². The van der Waals surface area contributed by atoms with Gasteiger partial charge < -0.3 is 0 Å². The summed E-state index contributed by atoms with van der Waals surface area (Å²) in [5, 5.41) is 10.2. The molecule has 0 radical (unpaired) electrons. The third kappa shape index (κ3) is 5.06. The lowest BCUT2D eigenvalue weighted by Crippen LogP contribution is -1.93. The van der Waals surface area contributed by atoms with Gasteiger partial charge in [0, 0.05) is 19.6 Å². The van der Waals surface area contributed by atoms with Crippen molar-refractivity contribution in [2.24, 2.45) is 0 Å². The summed E-state index contributed by atoms with van der Waals surface area (Å²) in [5.41, 5.74) is 5.11. The van der Waals surface area contributed by atoms with E-state index in [9.17, 15) is 0 Å². The fourth-order valence-electron chi connectivity index (χ4n) is 7.10. The van der Waals surface area contributed by atoms with Crippen molar-refractivity contribution in [3.8, 4) is 22.3 Å². The molecule has 48 heavy (non-hydrogen) atoms. The van der Waals surface area contributed by atoms with E-state index >= 15 is 0 Å². The Bertz CT molecular complexity index is 2370. The average molecular weight is 647 g/mol. The Morgan fingerprint density at radius 1 is 0.229 bits per heavy atom. The third-order valence-electron chi connectivity index (χ3n) is 9.18. The molecule has 0 bridgehead atoms. The summed E-state index contributed by atoms with van der Waals surface area (Å²) < 4.78 is 0. The Hall–Kier alpha value is -5.28. The van der Waals surface area contributed by atoms with Crippen LogP contribution in [0.25, 0.3) is 65.3 Å². The van der Waals surface area contributed by atoms with E-state index in [-0.39, 0.29) is 0 Å². The van der Waals surface area contributed by atoms with E-state index in [2.05, 4.69) is 182 Å². The Kier molecular flexibility index (Phi) is 7.46. The minimum Gasteiger partial charge on any atom is -0.0895 e. The molecule has 2 heteroatoms. The smallest absolute Gasteiger partial charge is 0.0201 e. The summed E-state index contributed by atoms with van der Waals surface area (Å²) >= 11 is 3.66. The second-order valence-corrected chi connectivity index (χ2v) is 14.2. The van der Waals surface area contributed by atoms with Crippen molar-refractivity contribution < 1.29 is 0 Å². The van der Waals surface area contributed by atoms with E-state index in [1.165, 1.54) is 84.9 Å². The molecule has 0 saturated carbocycles. The van der Waals surface area contributed by atoms with Crippen LogP contribution in [-0.2, 0) is 0 Å². The van der Waals surface area contributed by atoms with Crippen molar-refractivity contribution in [3.63, 3.8) is 0 Å². The van der Waals surface area contributed by atoms with Gasteiger partial charge in [-0.15, -0.1) is 0 Å². The van der Waals surface area contributed by atoms with Crippen LogP contribution in [0, 0.1) is 0 Å². The molecule has 0 spiro atoms. The van der Waals surface area contributed by atoms with E-state index in [1.807, 2.05) is 23.5 Å². The molecule has 0 heterocycles. The number of benzene rings is 9. The van der Waals surface area contributed by atoms with Gasteiger partial charge >= 0.3 is 0 Å². The van der Waals surface area contributed by atoms with Crippen LogP contribution in [0.5, 0.6) is 0 Å². The van der Waals surface area contributed by atoms with Crippen molar-refractivity contribution in [2.45, 2.75) is 19.6 Å². The normalized spacial score (nSPS) is 11.5. The molecule has 0 saturated heterocycles. The van der Waals surface area contributed by atoms with Crippen molar-refractivity contribution in [1.29, 1.82) is 0 Å². The predicted molar refractivity (Wildman–Crippen MR) is 208 cm³/mol. The zero-order valence-corrected chi connectivity index (χ0v) is 27.8. The van der Waals surface area contributed by atoms with Gasteiger partial charge in [0.1, 0.15) is 0 Å². The van der Waals surface area contributed by atoms with Crippen molar-refractivity contribution in [3.05, 3.63) is 182 Å². The number of fused-ring (bicyclic) bond motifs is 4. The van der Waals surface area contributed by atoms with Crippen LogP contribution in [0.3, 0.4) is 0 Å². The molecule has 0 aliphatic heterocycles. The SMILES string of the molecule is c1ccc(Sc2ccc(-c3c4ccccc4c(-c4ccc(Sc5ccccc5)c5ccccc45)c4ccccc34)c3ccccc23)cc1. The lowest BCUT2D eigenvalue weighted by atomic mass is 9.84. The molecule has 0 aromatic heterocycles. The predicted octanol–water partition coefficient (Wildman–Crippen LogP) is 13.9. The van der Waals surface area contributed by atoms with Gasteiger partial charge in [-0.05, 0) is 102 Å². The molecule has 0 nitrogen and oxygen atoms in total. The Labute approximate surface area is 289 Å². The van der Waals surface area contributed by atoms with Crippen molar-refractivity contribution in [2.75, 3.05) is 0 Å². The Morgan fingerprint density at radius 2 is 0.521 bits per heavy atom. The molecular weight excluding hydrogens is 617 g/mol. The van der Waals surface area contributed by atoms with Gasteiger partial charge in [-0.1, -0.05) is 169 Å². The first-order valence-corrected chi connectivity index (χ1v) is 17.9. The van der Waals surface area contributed by atoms with E-state index in [4.69, 9.17) is 0 Å². The molecule has 226 valence electrons. The first-order chi connectivity index (χ1) is 23.8. The van der Waals surface area contributed by atoms with E-state index in [0.29, 0.717) is 0 Å². The highest BCUT2D eigenvalue weighted by atomic mass is 32.2. The summed E-state index contributed by atoms with van der Waals surface area (Å²) in [5.74, 6) is 0. The number of hydrogen-bond donors (Lipinski definition) is 0. The second-order valence-electron chi connectivity index (χ2n) is 12.0. The molecule has 0 aliphatic rings. The minimum atomic E-state index is 1.25. The molecule has 0 N–H and O–H groups in total. The van der Waals surface area contributed by atoms with E-state index in [1.54, 1.807) is 0 Å². The highest BCUT2D eigenvalue weighted by molar-refractivity contribution is 7.99. The molecule has 0 amide bonds. The summed E-state index contributed by atoms with van der Waals surface area (Å²) in [6.45, 7) is 0. The molecule has 9 rings (SSSR count). The average Bonchev–Trinajstić information content (AvgIpc) is 3.15. The topological polar surface area (TPSA) is 0 Å². The molecule has 0 atom stereocenters. The van der Waals surface area contributed by atoms with Gasteiger partial charge in [0.15, 0.2) is 0 Å². The maximum absolute atomic E-state index is 2.34. The van der Waals surface area contributed by atoms with Crippen LogP contribution >= 0.6 is 23.5 Å². The van der Waals surface area contributed by atoms with Gasteiger partial charge in [0.2, 0.25) is 0 Å². The molecule has 0 aliphatic carbocycles. The summed E-state index contributed by atoms with van der Waals surface area (Å²) in [7, 11) is 0. The highest BCUT2D eigenvalue weighted by Gasteiger charge is 2.20. The zero-order valence-electron chi connectivity index (χ0n) is 26.1. The van der Waals surface area contributed by atoms with Gasteiger partial charge in [0.05, 0.1) is 0 Å². The van der Waals surface area contributed by atoms with Crippen LogP contribution < -0.4 is 0 Å². The molecule has 0 unspecified atom stereocenters. The summed E-state index contributed by atoms with van der Waals surface area (Å²) in [6, 6.07) is 66.4. The molecule has 0 fully saturated rings. The van der Waals surface area contributed by atoms with Crippen LogP contribution in [0.2, 0.25) is 0 Å². The van der Waals surface area contributed by atoms with Crippen LogP contribution in [0.4, 0.5) is 0 Å². The van der Waals surface area contributed by atoms with Crippen LogP contribution in [0.15, 0.2) is 202 Å². The quantitative estimate of drug-likeness (QED) is 0.165. The minimum absolute atomic E-state index is 1.25. The van der Waals surface area contributed by atoms with E-state index < -0.39 is 0 Å². The number of rotatable bonds is 6. The molecule has 9 aromatic rings. The monoisotopic (exact) mass is 646 g/mol. The zero-order chi connectivity index (χ0) is 31.9. The maximum Gasteiger partial charge on any atom is 0.0201 e. The first kappa shape index (κ1) is 28.9. The van der Waals surface area contributed by atoms with Crippen molar-refractivity contribution >= 4 is 66.6 Å². The fraction of sp³-hybridized carbons (Fsp3) is 0. The van der Waals surface area contributed by atoms with Gasteiger partial charge in [0.25, 0.3) is 0 Å². The lowest BCUT2D eigenvalue weighted by Gasteiger charge is -2.20. The third-order valence-corrected chi connectivity index (χ3v) is 11.3. The van der Waals surface area contributed by atoms with Crippen LogP contribution in [-0.4, -0.2) is 0 Å². The van der Waals surface area contributed by atoms with Gasteiger partial charge in [-0.3, -0.25) is 0 Å². The highest BCUT2D eigenvalue weighted by Crippen LogP contribution is 2.48. The number of hydrogen-bond acceptors (Lipinski definition) is 2.